The molecule has 0 spiro atoms. The predicted molar refractivity (Wildman–Crippen MR) is 62.5 cm³/mol. The number of carboxylic acids is 1. The molecule has 0 aromatic heterocycles. The van der Waals surface area contributed by atoms with Crippen molar-refractivity contribution >= 4 is 5.97 Å². The summed E-state index contributed by atoms with van der Waals surface area (Å²) in [6.45, 7) is 3.85. The van der Waals surface area contributed by atoms with Crippen LogP contribution < -0.4 is 0 Å². The van der Waals surface area contributed by atoms with Gasteiger partial charge in [-0.05, 0) is 36.5 Å². The van der Waals surface area contributed by atoms with Crippen molar-refractivity contribution in [3.63, 3.8) is 0 Å². The Labute approximate surface area is 99.9 Å². The lowest BCUT2D eigenvalue weighted by atomic mass is 9.84. The fraction of sp³-hybridized carbons (Fsp3) is 0.462. The minimum absolute atomic E-state index is 0.0127. The normalized spacial score (nSPS) is 12.7. The molecule has 0 fully saturated rings. The largest absolute Gasteiger partial charge is 0.508 e. The Morgan fingerprint density at radius 1 is 1.41 bits per heavy atom. The van der Waals surface area contributed by atoms with Gasteiger partial charge in [-0.3, -0.25) is 4.79 Å². The van der Waals surface area contributed by atoms with Crippen LogP contribution in [0.3, 0.4) is 0 Å². The number of aromatic hydroxyl groups is 1. The number of carbonyl (C=O) groups is 1. The van der Waals surface area contributed by atoms with Crippen molar-refractivity contribution in [2.45, 2.75) is 32.6 Å². The van der Waals surface area contributed by atoms with Gasteiger partial charge in [-0.15, -0.1) is 0 Å². The van der Waals surface area contributed by atoms with Gasteiger partial charge in [0.1, 0.15) is 11.6 Å². The van der Waals surface area contributed by atoms with E-state index in [0.717, 1.165) is 0 Å². The lowest BCUT2D eigenvalue weighted by molar-refractivity contribution is -0.137. The smallest absolute Gasteiger partial charge is 0.303 e. The highest BCUT2D eigenvalue weighted by molar-refractivity contribution is 5.66. The molecule has 0 aliphatic heterocycles. The number of hydrogen-bond donors (Lipinski definition) is 2. The van der Waals surface area contributed by atoms with Gasteiger partial charge in [0, 0.05) is 12.0 Å². The summed E-state index contributed by atoms with van der Waals surface area (Å²) in [5, 5.41) is 18.4. The van der Waals surface area contributed by atoms with Gasteiger partial charge in [0.05, 0.1) is 0 Å². The van der Waals surface area contributed by atoms with Crippen LogP contribution in [0.15, 0.2) is 18.2 Å². The Bertz CT molecular complexity index is 402. The zero-order valence-electron chi connectivity index (χ0n) is 9.98. The number of rotatable bonds is 5. The second-order valence-corrected chi connectivity index (χ2v) is 4.49. The highest BCUT2D eigenvalue weighted by atomic mass is 19.1. The molecule has 0 aliphatic rings. The van der Waals surface area contributed by atoms with Crippen LogP contribution in [0.1, 0.15) is 38.2 Å². The van der Waals surface area contributed by atoms with Crippen LogP contribution in [0.5, 0.6) is 5.75 Å². The number of phenolic OH excluding ortho intramolecular Hbond substituents is 1. The first-order valence-corrected chi connectivity index (χ1v) is 5.62. The summed E-state index contributed by atoms with van der Waals surface area (Å²) in [5.41, 5.74) is 0.487. The minimum Gasteiger partial charge on any atom is -0.508 e. The molecule has 17 heavy (non-hydrogen) atoms. The average molecular weight is 240 g/mol. The first-order valence-electron chi connectivity index (χ1n) is 5.62. The van der Waals surface area contributed by atoms with Crippen molar-refractivity contribution in [2.24, 2.45) is 5.92 Å². The first-order chi connectivity index (χ1) is 7.91. The summed E-state index contributed by atoms with van der Waals surface area (Å²) in [4.78, 5) is 10.6. The first kappa shape index (κ1) is 13.5. The van der Waals surface area contributed by atoms with Crippen LogP contribution in [0.4, 0.5) is 4.39 Å². The van der Waals surface area contributed by atoms with Gasteiger partial charge >= 0.3 is 5.97 Å². The summed E-state index contributed by atoms with van der Waals surface area (Å²) in [7, 11) is 0. The molecule has 0 radical (unpaired) electrons. The van der Waals surface area contributed by atoms with Crippen LogP contribution in [0, 0.1) is 11.7 Å². The summed E-state index contributed by atoms with van der Waals surface area (Å²) in [5.74, 6) is -1.29. The van der Waals surface area contributed by atoms with E-state index in [9.17, 15) is 14.3 Å². The molecule has 0 aliphatic carbocycles. The average Bonchev–Trinajstić information content (AvgIpc) is 2.22. The molecular formula is C13H17FO3. The standard InChI is InChI=1S/C13H17FO3/c1-8(2)10(4-6-13(16)17)11-7-9(14)3-5-12(11)15/h3,5,7-8,10,15H,4,6H2,1-2H3,(H,16,17). The molecular weight excluding hydrogens is 223 g/mol. The number of halogens is 1. The molecule has 0 bridgehead atoms. The lowest BCUT2D eigenvalue weighted by Crippen LogP contribution is -2.10. The Morgan fingerprint density at radius 3 is 2.59 bits per heavy atom. The number of benzene rings is 1. The van der Waals surface area contributed by atoms with Crippen molar-refractivity contribution in [3.8, 4) is 5.75 Å². The molecule has 3 nitrogen and oxygen atoms in total. The molecule has 1 rings (SSSR count). The number of carboxylic acid groups (broad SMARTS) is 1. The zero-order valence-corrected chi connectivity index (χ0v) is 9.98. The van der Waals surface area contributed by atoms with Crippen LogP contribution in [-0.4, -0.2) is 16.2 Å². The van der Waals surface area contributed by atoms with Gasteiger partial charge in [0.15, 0.2) is 0 Å². The third-order valence-electron chi connectivity index (χ3n) is 2.86. The van der Waals surface area contributed by atoms with Crippen molar-refractivity contribution in [1.29, 1.82) is 0 Å². The summed E-state index contributed by atoms with van der Waals surface area (Å²) in [6.07, 6.45) is 0.406. The third kappa shape index (κ3) is 3.73. The molecule has 0 saturated heterocycles. The van der Waals surface area contributed by atoms with Gasteiger partial charge in [-0.2, -0.15) is 0 Å². The van der Waals surface area contributed by atoms with Crippen molar-refractivity contribution in [2.75, 3.05) is 0 Å². The van der Waals surface area contributed by atoms with E-state index in [1.54, 1.807) is 0 Å². The quantitative estimate of drug-likeness (QED) is 0.831. The predicted octanol–water partition coefficient (Wildman–Crippen LogP) is 3.14. The maximum atomic E-state index is 13.1. The van der Waals surface area contributed by atoms with Gasteiger partial charge in [-0.1, -0.05) is 13.8 Å². The van der Waals surface area contributed by atoms with Gasteiger partial charge in [0.2, 0.25) is 0 Å². The molecule has 0 saturated carbocycles. The molecule has 1 unspecified atom stereocenters. The minimum atomic E-state index is -0.883. The van der Waals surface area contributed by atoms with E-state index in [4.69, 9.17) is 5.11 Å². The fourth-order valence-electron chi connectivity index (χ4n) is 1.95. The molecule has 2 N–H and O–H groups in total. The van der Waals surface area contributed by atoms with Gasteiger partial charge in [0.25, 0.3) is 0 Å². The SMILES string of the molecule is CC(C)C(CCC(=O)O)c1cc(F)ccc1O. The highest BCUT2D eigenvalue weighted by Crippen LogP contribution is 2.35. The van der Waals surface area contributed by atoms with Crippen molar-refractivity contribution in [1.82, 2.24) is 0 Å². The monoisotopic (exact) mass is 240 g/mol. The molecule has 94 valence electrons. The Morgan fingerprint density at radius 2 is 2.06 bits per heavy atom. The third-order valence-corrected chi connectivity index (χ3v) is 2.86. The molecule has 0 heterocycles. The summed E-state index contributed by atoms with van der Waals surface area (Å²) >= 11 is 0. The van der Waals surface area contributed by atoms with E-state index in [1.165, 1.54) is 18.2 Å². The number of phenols is 1. The summed E-state index contributed by atoms with van der Waals surface area (Å²) in [6, 6.07) is 3.77. The molecule has 1 aromatic carbocycles. The molecule has 1 atom stereocenters. The van der Waals surface area contributed by atoms with Gasteiger partial charge in [-0.25, -0.2) is 4.39 Å². The van der Waals surface area contributed by atoms with E-state index in [2.05, 4.69) is 0 Å². The van der Waals surface area contributed by atoms with Crippen LogP contribution in [-0.2, 0) is 4.79 Å². The van der Waals surface area contributed by atoms with Crippen LogP contribution in [0.2, 0.25) is 0 Å². The van der Waals surface area contributed by atoms with Crippen molar-refractivity contribution in [3.05, 3.63) is 29.6 Å². The molecule has 4 heteroatoms. The Hall–Kier alpha value is -1.58. The fourth-order valence-corrected chi connectivity index (χ4v) is 1.95. The van der Waals surface area contributed by atoms with Crippen LogP contribution in [0.25, 0.3) is 0 Å². The van der Waals surface area contributed by atoms with Crippen molar-refractivity contribution < 1.29 is 19.4 Å². The second kappa shape index (κ2) is 5.66. The van der Waals surface area contributed by atoms with Gasteiger partial charge < -0.3 is 10.2 Å². The Balaban J connectivity index is 2.96. The molecule has 1 aromatic rings. The maximum absolute atomic E-state index is 13.1. The lowest BCUT2D eigenvalue weighted by Gasteiger charge is -2.21. The number of hydrogen-bond acceptors (Lipinski definition) is 2. The topological polar surface area (TPSA) is 57.5 Å². The second-order valence-electron chi connectivity index (χ2n) is 4.49. The van der Waals surface area contributed by atoms with E-state index >= 15 is 0 Å². The summed E-state index contributed by atoms with van der Waals surface area (Å²) < 4.78 is 13.1. The highest BCUT2D eigenvalue weighted by Gasteiger charge is 2.20. The van der Waals surface area contributed by atoms with Crippen LogP contribution >= 0.6 is 0 Å². The van der Waals surface area contributed by atoms with E-state index in [1.807, 2.05) is 13.8 Å². The number of aliphatic carboxylic acids is 1. The molecule has 0 amide bonds. The maximum Gasteiger partial charge on any atom is 0.303 e. The van der Waals surface area contributed by atoms with E-state index < -0.39 is 11.8 Å². The zero-order chi connectivity index (χ0) is 13.0. The van der Waals surface area contributed by atoms with E-state index in [-0.39, 0.29) is 24.0 Å². The Kier molecular flexibility index (Phi) is 4.49. The van der Waals surface area contributed by atoms with E-state index in [0.29, 0.717) is 12.0 Å².